The average Bonchev–Trinajstić information content (AvgIpc) is 1.65. The van der Waals surface area contributed by atoms with Crippen molar-refractivity contribution >= 4 is 118 Å². The molecule has 7 aromatic heterocycles. The van der Waals surface area contributed by atoms with E-state index < -0.39 is 70.0 Å². The number of nitriles is 2. The molecule has 0 saturated carbocycles. The lowest BCUT2D eigenvalue weighted by molar-refractivity contribution is -0.147. The third-order valence-corrected chi connectivity index (χ3v) is 22.2. The van der Waals surface area contributed by atoms with Crippen molar-refractivity contribution in [1.29, 1.82) is 10.5 Å². The lowest BCUT2D eigenvalue weighted by atomic mass is 9.89. The number of H-pyrrole nitrogens is 1. The summed E-state index contributed by atoms with van der Waals surface area (Å²) >= 11 is 10.7. The molecule has 0 aromatic carbocycles. The van der Waals surface area contributed by atoms with Crippen molar-refractivity contribution < 1.29 is 71.7 Å². The number of hydrogen-bond donors (Lipinski definition) is 14. The first kappa shape index (κ1) is 126. The van der Waals surface area contributed by atoms with Gasteiger partial charge in [-0.2, -0.15) is 10.5 Å². The fourth-order valence-electron chi connectivity index (χ4n) is 13.7. The Morgan fingerprint density at radius 1 is 0.545 bits per heavy atom. The van der Waals surface area contributed by atoms with E-state index in [4.69, 9.17) is 76.3 Å². The number of aromatic nitrogens is 13. The number of nitrogens with one attached hydrogen (secondary N) is 7. The third-order valence-electron chi connectivity index (χ3n) is 21.7. The maximum Gasteiger partial charge on any atom is 0.408 e. The second-order valence-electron chi connectivity index (χ2n) is 39.3. The molecule has 5 saturated heterocycles. The van der Waals surface area contributed by atoms with Gasteiger partial charge in [-0.3, -0.25) is 48.3 Å². The fraction of sp³-hybridized carbons (Fsp3) is 0.589. The predicted molar refractivity (Wildman–Crippen MR) is 548 cm³/mol. The van der Waals surface area contributed by atoms with Gasteiger partial charge >= 0.3 is 24.2 Å². The number of piperidine rings is 5. The number of aldehydes is 1. The number of alkyl carbamates (subject to hydrolysis) is 3. The van der Waals surface area contributed by atoms with Gasteiger partial charge in [0.15, 0.2) is 75.4 Å². The van der Waals surface area contributed by atoms with Crippen molar-refractivity contribution in [1.82, 2.24) is 95.6 Å². The molecule has 1 atom stereocenters. The summed E-state index contributed by atoms with van der Waals surface area (Å²) < 4.78 is 22.5. The van der Waals surface area contributed by atoms with E-state index in [1.54, 1.807) is 39.4 Å². The number of halogens is 2. The first-order valence-electron chi connectivity index (χ1n) is 46.9. The second kappa shape index (κ2) is 58.5. The van der Waals surface area contributed by atoms with Crippen molar-refractivity contribution in [3.63, 3.8) is 0 Å². The molecule has 50 heteroatoms. The van der Waals surface area contributed by atoms with Gasteiger partial charge in [-0.15, -0.1) is 0 Å². The highest BCUT2D eigenvalue weighted by atomic mass is 35.5. The van der Waals surface area contributed by atoms with Gasteiger partial charge in [-0.05, 0) is 241 Å². The third kappa shape index (κ3) is 46.8. The zero-order chi connectivity index (χ0) is 110. The summed E-state index contributed by atoms with van der Waals surface area (Å²) in [7, 11) is 0. The Bertz CT molecular complexity index is 5580. The van der Waals surface area contributed by atoms with Gasteiger partial charge in [0, 0.05) is 136 Å². The number of esters is 1. The van der Waals surface area contributed by atoms with E-state index in [9.17, 15) is 58.0 Å². The van der Waals surface area contributed by atoms with E-state index >= 15 is 0 Å². The number of nitrogens with zero attached hydrogens (tertiary/aromatic N) is 18. The number of carbonyl (C=O) groups excluding carboxylic acids is 11. The zero-order valence-corrected chi connectivity index (χ0v) is 89.1. The minimum absolute atomic E-state index is 0.0309. The number of aryl methyl sites for hydroxylation is 6. The van der Waals surface area contributed by atoms with Gasteiger partial charge in [0.1, 0.15) is 40.2 Å². The molecule has 0 bridgehead atoms. The number of primary amides is 3. The molecule has 5 aliphatic heterocycles. The quantitative estimate of drug-likeness (QED) is 0.0113. The number of fused-ring (bicyclic) bond motifs is 1. The van der Waals surface area contributed by atoms with Crippen molar-refractivity contribution in [2.75, 3.05) is 91.7 Å². The zero-order valence-electron chi connectivity index (χ0n) is 87.6. The topological polar surface area (TPSA) is 719 Å². The Morgan fingerprint density at radius 2 is 0.924 bits per heavy atom. The average molecular weight is 2070 g/mol. The molecule has 12 rings (SSSR count). The van der Waals surface area contributed by atoms with Crippen LogP contribution in [0.5, 0.6) is 0 Å². The summed E-state index contributed by atoms with van der Waals surface area (Å²) in [5.74, 6) is -0.679. The van der Waals surface area contributed by atoms with Crippen LogP contribution in [0.15, 0.2) is 54.5 Å². The van der Waals surface area contributed by atoms with Gasteiger partial charge in [0.2, 0.25) is 18.2 Å². The molecule has 12 heterocycles. The van der Waals surface area contributed by atoms with Crippen LogP contribution in [0, 0.1) is 64.2 Å². The number of nitrogens with two attached hydrogens (primary N) is 7. The number of Topliss-reactive ketones (excluding diaryl/α,β-unsaturated/α-hetero) is 2. The molecule has 7 amide bonds. The van der Waals surface area contributed by atoms with Crippen LogP contribution >= 0.6 is 23.4 Å². The van der Waals surface area contributed by atoms with Crippen LogP contribution in [-0.2, 0) is 65.6 Å². The van der Waals surface area contributed by atoms with E-state index in [0.29, 0.717) is 55.5 Å². The highest BCUT2D eigenvalue weighted by molar-refractivity contribution is 6.30. The molecular weight excluding hydrogens is 1920 g/mol. The molecule has 5 aliphatic rings. The number of rotatable bonds is 19. The minimum Gasteiger partial charge on any atom is -0.464 e. The van der Waals surface area contributed by atoms with Crippen LogP contribution < -0.4 is 96.7 Å². The number of anilines is 4. The lowest BCUT2D eigenvalue weighted by Crippen LogP contribution is -2.54. The Morgan fingerprint density at radius 3 is 1.29 bits per heavy atom. The number of ether oxygens (including phenoxy) is 4. The Labute approximate surface area is 856 Å². The normalized spacial score (nSPS) is 15.7. The van der Waals surface area contributed by atoms with Crippen LogP contribution in [0.25, 0.3) is 5.52 Å². The number of carbonyl (C=O) groups is 11. The van der Waals surface area contributed by atoms with Crippen molar-refractivity contribution in [2.45, 2.75) is 293 Å². The predicted octanol–water partition coefficient (Wildman–Crippen LogP) is 5.82. The van der Waals surface area contributed by atoms with E-state index in [-0.39, 0.29) is 75.1 Å². The molecular formula is C95H148Cl2N32O16. The summed E-state index contributed by atoms with van der Waals surface area (Å²) in [5.41, 5.74) is 41.9. The maximum atomic E-state index is 12.0. The largest absolute Gasteiger partial charge is 0.464 e. The van der Waals surface area contributed by atoms with Crippen LogP contribution in [-0.4, -0.2) is 259 Å². The maximum absolute atomic E-state index is 12.0. The molecule has 1 unspecified atom stereocenters. The van der Waals surface area contributed by atoms with E-state index in [1.165, 1.54) is 26.2 Å². The van der Waals surface area contributed by atoms with E-state index in [2.05, 4.69) is 156 Å². The van der Waals surface area contributed by atoms with Gasteiger partial charge in [-0.25, -0.2) is 68.9 Å². The van der Waals surface area contributed by atoms with Crippen LogP contribution in [0.1, 0.15) is 249 Å². The van der Waals surface area contributed by atoms with Crippen molar-refractivity contribution in [3.8, 4) is 12.1 Å². The standard InChI is InChI=1S/C17H29N5O2.C17H25N5O2.C13H21N5O.C13H19N5.C11H22N2O2.C6H4ClN3.C6H10ClNO3.C6H7N3O2.C3H7N3O2.C3H4O2/c2*1-12-11-19-13(10-18)14(20-12)22-8-6-17(5,7-9-22)21-15(23)24-16(2,3)4;1-10-7-16-11(8-15-9-19)12(17-10)18-5-3-13(2,14)4-6-18;1-10-8-18-9-15-7-11(18)12(16-10)17-5-3-13(2,14)4-6-17;1-10(2,3)15-9(14)13-11(4)5-7-12-8-6-11;1-4-3-9-5(2-8)6(7)10-4;1-3-11-6(10)5(8-7)4(2)9;1-3-2-8-4(5(7)10)6(11)9-3;4-1(2(5)7)3(6)8;1-3(5)2-4/h11H,6-10,18H2,1-5H3,(H,21,23);11H,6-9H2,1-5H3,(H,21,23);7,9H,3-6,8,14H2,1-2H3,(H,15,19);7-9H,3-6,14H2,1-2H3;12H,5-8H2,1-4H3,(H,13,14);3H,1H3;5,8H,3H2,1-2H3;2H,1H3,(H2,7,10)(H,9,11);1H,4H2,(H2,5,7)(H2,6,8);2H,1H3. The SMILES string of the molecule is CC(=O)C=O.CC1(NC(=O)OC(C)(C)C)CCNCC1.CCOC(=O)C(NCl)C(C)=O.Cc1cn2cncc2c(N2CCC(C)(N)CC2)n1.Cc1cnc(C#N)c(Cl)n1.Cc1cnc(C#N)c(N2CCC(C)(NC(=O)OC(C)(C)C)CC2)n1.Cc1cnc(C(N)=O)c(=O)[nH]1.Cc1cnc(CN)c(N2CCC(C)(NC(=O)OC(C)(C)C)CC2)n1.Cc1cnc(CNC=O)c(N2CCC(C)(N)CC2)n1.NC(=O)C(N)C(N)=O. The van der Waals surface area contributed by atoms with Gasteiger partial charge in [-0.1, -0.05) is 11.6 Å². The smallest absolute Gasteiger partial charge is 0.408 e. The summed E-state index contributed by atoms with van der Waals surface area (Å²) in [6, 6.07) is 1.51. The molecule has 21 N–H and O–H groups in total. The van der Waals surface area contributed by atoms with Gasteiger partial charge < -0.3 is 115 Å². The monoisotopic (exact) mass is 2060 g/mol. The molecule has 48 nitrogen and oxygen atoms in total. The van der Waals surface area contributed by atoms with Crippen LogP contribution in [0.3, 0.4) is 0 Å². The Balaban J connectivity index is 0.000000425. The summed E-state index contributed by atoms with van der Waals surface area (Å²) in [6.45, 7) is 51.9. The Hall–Kier alpha value is -13.5. The number of hydrogen-bond acceptors (Lipinski definition) is 39. The molecule has 0 spiro atoms. The summed E-state index contributed by atoms with van der Waals surface area (Å²) in [5, 5.41) is 32.6. The molecule has 145 heavy (non-hydrogen) atoms. The number of amides is 7. The lowest BCUT2D eigenvalue weighted by Gasteiger charge is -2.40. The van der Waals surface area contributed by atoms with Crippen molar-refractivity contribution in [3.05, 3.63) is 128 Å². The number of ketones is 2. The molecule has 798 valence electrons. The summed E-state index contributed by atoms with van der Waals surface area (Å²) in [4.78, 5) is 187. The van der Waals surface area contributed by atoms with Crippen LogP contribution in [0.4, 0.5) is 37.7 Å². The van der Waals surface area contributed by atoms with Gasteiger partial charge in [0.25, 0.3) is 11.5 Å². The molecule has 0 radical (unpaired) electrons. The first-order valence-corrected chi connectivity index (χ1v) is 47.6. The highest BCUT2D eigenvalue weighted by Gasteiger charge is 2.38. The second-order valence-corrected chi connectivity index (χ2v) is 39.9. The van der Waals surface area contributed by atoms with Crippen LogP contribution in [0.2, 0.25) is 5.15 Å². The minimum atomic E-state index is -1.35. The number of imidazole rings is 1. The van der Waals surface area contributed by atoms with E-state index in [0.717, 1.165) is 174 Å². The molecule has 0 aliphatic carbocycles. The van der Waals surface area contributed by atoms with Crippen molar-refractivity contribution in [2.24, 2.45) is 40.1 Å². The van der Waals surface area contributed by atoms with E-state index in [1.807, 2.05) is 131 Å². The summed E-state index contributed by atoms with van der Waals surface area (Å²) in [6.07, 6.45) is 22.4. The Kier molecular flexibility index (Phi) is 50.7. The molecule has 7 aromatic rings. The number of aromatic amines is 1. The first-order chi connectivity index (χ1) is 67.4. The molecule has 5 fully saturated rings. The fourth-order valence-corrected chi connectivity index (χ4v) is 14.1. The van der Waals surface area contributed by atoms with Gasteiger partial charge in [0.05, 0.1) is 59.8 Å². The highest BCUT2D eigenvalue weighted by Crippen LogP contribution is 2.32.